The Bertz CT molecular complexity index is 86.2. The van der Waals surface area contributed by atoms with Crippen molar-refractivity contribution in [1.82, 2.24) is 0 Å². The van der Waals surface area contributed by atoms with E-state index in [4.69, 9.17) is 4.74 Å². The van der Waals surface area contributed by atoms with Crippen molar-refractivity contribution in [2.45, 2.75) is 25.9 Å². The third-order valence-corrected chi connectivity index (χ3v) is 1.20. The summed E-state index contributed by atoms with van der Waals surface area (Å²) >= 11 is 0. The molecule has 1 heteroatoms. The van der Waals surface area contributed by atoms with Gasteiger partial charge < -0.3 is 4.74 Å². The van der Waals surface area contributed by atoms with Crippen LogP contribution in [0.4, 0.5) is 0 Å². The highest BCUT2D eigenvalue weighted by Gasteiger charge is 2.12. The van der Waals surface area contributed by atoms with Crippen LogP contribution in [0.2, 0.25) is 0 Å². The summed E-state index contributed by atoms with van der Waals surface area (Å²) in [6.07, 6.45) is 2.63. The monoisotopic (exact) mass is 98.1 g/mol. The molecule has 0 N–H and O–H groups in total. The molecular formula is C6H10O. The van der Waals surface area contributed by atoms with Crippen LogP contribution < -0.4 is 0 Å². The maximum absolute atomic E-state index is 5.17. The van der Waals surface area contributed by atoms with Crippen molar-refractivity contribution in [3.63, 3.8) is 0 Å². The van der Waals surface area contributed by atoms with E-state index < -0.39 is 0 Å². The van der Waals surface area contributed by atoms with Crippen LogP contribution >= 0.6 is 0 Å². The van der Waals surface area contributed by atoms with Crippen molar-refractivity contribution in [3.05, 3.63) is 12.3 Å². The number of hydrogen-bond donors (Lipinski definition) is 0. The number of ether oxygens (including phenoxy) is 1. The lowest BCUT2D eigenvalue weighted by atomic mass is 10.2. The summed E-state index contributed by atoms with van der Waals surface area (Å²) in [5.74, 6) is 0.951. The highest BCUT2D eigenvalue weighted by molar-refractivity contribution is 4.89. The van der Waals surface area contributed by atoms with Crippen LogP contribution in [0, 0.1) is 0 Å². The highest BCUT2D eigenvalue weighted by atomic mass is 16.5. The van der Waals surface area contributed by atoms with Crippen LogP contribution in [0.3, 0.4) is 0 Å². The molecule has 1 rings (SSSR count). The predicted molar refractivity (Wildman–Crippen MR) is 28.9 cm³/mol. The van der Waals surface area contributed by atoms with E-state index in [2.05, 4.69) is 13.5 Å². The fraction of sp³-hybridized carbons (Fsp3) is 0.667. The minimum absolute atomic E-state index is 0.424. The summed E-state index contributed by atoms with van der Waals surface area (Å²) in [6, 6.07) is 0. The molecule has 0 aliphatic carbocycles. The van der Waals surface area contributed by atoms with E-state index in [0.717, 1.165) is 18.6 Å². The van der Waals surface area contributed by atoms with E-state index in [9.17, 15) is 0 Å². The van der Waals surface area contributed by atoms with E-state index in [0.29, 0.717) is 6.10 Å². The Balaban J connectivity index is 2.40. The second-order valence-corrected chi connectivity index (χ2v) is 2.01. The first-order valence-electron chi connectivity index (χ1n) is 2.63. The van der Waals surface area contributed by atoms with E-state index in [1.165, 1.54) is 0 Å². The molecule has 1 nitrogen and oxygen atoms in total. The number of rotatable bonds is 0. The fourth-order valence-corrected chi connectivity index (χ4v) is 0.767. The van der Waals surface area contributed by atoms with E-state index in [-0.39, 0.29) is 0 Å². The zero-order valence-corrected chi connectivity index (χ0v) is 4.61. The zero-order chi connectivity index (χ0) is 5.28. The highest BCUT2D eigenvalue weighted by Crippen LogP contribution is 2.19. The van der Waals surface area contributed by atoms with Gasteiger partial charge in [0.15, 0.2) is 0 Å². The van der Waals surface area contributed by atoms with Gasteiger partial charge in [0.25, 0.3) is 0 Å². The summed E-state index contributed by atoms with van der Waals surface area (Å²) in [6.45, 7) is 5.75. The second-order valence-electron chi connectivity index (χ2n) is 2.01. The van der Waals surface area contributed by atoms with E-state index in [1.54, 1.807) is 0 Å². The largest absolute Gasteiger partial charge is 0.496 e. The number of hydrogen-bond acceptors (Lipinski definition) is 1. The molecule has 0 aromatic heterocycles. The Morgan fingerprint density at radius 1 is 1.86 bits per heavy atom. The molecule has 7 heavy (non-hydrogen) atoms. The van der Waals surface area contributed by atoms with Gasteiger partial charge >= 0.3 is 0 Å². The fourth-order valence-electron chi connectivity index (χ4n) is 0.767. The normalized spacial score (nSPS) is 30.4. The molecule has 1 aliphatic heterocycles. The van der Waals surface area contributed by atoms with Gasteiger partial charge in [-0.05, 0) is 13.3 Å². The lowest BCUT2D eigenvalue weighted by Crippen LogP contribution is -1.93. The molecule has 1 fully saturated rings. The van der Waals surface area contributed by atoms with Crippen LogP contribution in [0.5, 0.6) is 0 Å². The Morgan fingerprint density at radius 2 is 2.57 bits per heavy atom. The summed E-state index contributed by atoms with van der Waals surface area (Å²) in [7, 11) is 0. The van der Waals surface area contributed by atoms with Crippen LogP contribution in [-0.4, -0.2) is 6.10 Å². The molecule has 1 atom stereocenters. The Kier molecular flexibility index (Phi) is 1.05. The Hall–Kier alpha value is -0.460. The SMILES string of the molecule is C=C1CCC(C)O1. The van der Waals surface area contributed by atoms with Gasteiger partial charge in [-0.25, -0.2) is 0 Å². The lowest BCUT2D eigenvalue weighted by molar-refractivity contribution is 0.179. The van der Waals surface area contributed by atoms with Crippen LogP contribution in [0.25, 0.3) is 0 Å². The summed E-state index contributed by atoms with van der Waals surface area (Å²) in [5.41, 5.74) is 0. The molecule has 1 heterocycles. The van der Waals surface area contributed by atoms with Crippen LogP contribution in [0.1, 0.15) is 19.8 Å². The molecule has 0 aromatic carbocycles. The summed E-state index contributed by atoms with van der Waals surface area (Å²) in [5, 5.41) is 0. The van der Waals surface area contributed by atoms with Crippen molar-refractivity contribution >= 4 is 0 Å². The quantitative estimate of drug-likeness (QED) is 0.448. The maximum atomic E-state index is 5.17. The molecule has 0 amide bonds. The smallest absolute Gasteiger partial charge is 0.0958 e. The van der Waals surface area contributed by atoms with Gasteiger partial charge in [-0.3, -0.25) is 0 Å². The van der Waals surface area contributed by atoms with Crippen molar-refractivity contribution in [1.29, 1.82) is 0 Å². The van der Waals surface area contributed by atoms with Gasteiger partial charge in [-0.1, -0.05) is 6.58 Å². The molecule has 1 unspecified atom stereocenters. The zero-order valence-electron chi connectivity index (χ0n) is 4.61. The van der Waals surface area contributed by atoms with Gasteiger partial charge in [0.1, 0.15) is 0 Å². The molecule has 0 saturated carbocycles. The maximum Gasteiger partial charge on any atom is 0.0958 e. The molecule has 0 spiro atoms. The van der Waals surface area contributed by atoms with Crippen LogP contribution in [0.15, 0.2) is 12.3 Å². The minimum Gasteiger partial charge on any atom is -0.496 e. The average molecular weight is 98.1 g/mol. The average Bonchev–Trinajstić information content (AvgIpc) is 1.87. The van der Waals surface area contributed by atoms with Gasteiger partial charge in [0, 0.05) is 6.42 Å². The first kappa shape index (κ1) is 4.69. The van der Waals surface area contributed by atoms with Crippen LogP contribution in [-0.2, 0) is 4.74 Å². The molecular weight excluding hydrogens is 88.1 g/mol. The van der Waals surface area contributed by atoms with E-state index >= 15 is 0 Å². The van der Waals surface area contributed by atoms with Gasteiger partial charge in [-0.2, -0.15) is 0 Å². The third kappa shape index (κ3) is 0.952. The van der Waals surface area contributed by atoms with Crippen molar-refractivity contribution in [2.75, 3.05) is 0 Å². The number of allylic oxidation sites excluding steroid dienone is 1. The van der Waals surface area contributed by atoms with E-state index in [1.807, 2.05) is 0 Å². The molecule has 0 bridgehead atoms. The topological polar surface area (TPSA) is 9.23 Å². The molecule has 0 radical (unpaired) electrons. The summed E-state index contributed by atoms with van der Waals surface area (Å²) < 4.78 is 5.17. The molecule has 40 valence electrons. The van der Waals surface area contributed by atoms with Gasteiger partial charge in [-0.15, -0.1) is 0 Å². The predicted octanol–water partition coefficient (Wildman–Crippen LogP) is 1.70. The standard InChI is InChI=1S/C6H10O/c1-5-3-4-6(2)7-5/h6H,1,3-4H2,2H3. The minimum atomic E-state index is 0.424. The summed E-state index contributed by atoms with van der Waals surface area (Å²) in [4.78, 5) is 0. The second kappa shape index (κ2) is 1.57. The van der Waals surface area contributed by atoms with Gasteiger partial charge in [0.05, 0.1) is 11.9 Å². The first-order valence-corrected chi connectivity index (χ1v) is 2.63. The van der Waals surface area contributed by atoms with Crippen molar-refractivity contribution in [3.8, 4) is 0 Å². The Morgan fingerprint density at radius 3 is 2.71 bits per heavy atom. The lowest BCUT2D eigenvalue weighted by Gasteiger charge is -1.99. The van der Waals surface area contributed by atoms with Crippen molar-refractivity contribution in [2.24, 2.45) is 0 Å². The Labute approximate surface area is 44.0 Å². The third-order valence-electron chi connectivity index (χ3n) is 1.20. The van der Waals surface area contributed by atoms with Gasteiger partial charge in [0.2, 0.25) is 0 Å². The molecule has 1 aliphatic rings. The van der Waals surface area contributed by atoms with Crippen molar-refractivity contribution < 1.29 is 4.74 Å². The molecule has 0 aromatic rings. The first-order chi connectivity index (χ1) is 3.29. The molecule has 1 saturated heterocycles.